The number of aromatic nitrogens is 2. The van der Waals surface area contributed by atoms with E-state index in [1.807, 2.05) is 13.8 Å². The molecule has 0 bridgehead atoms. The zero-order chi connectivity index (χ0) is 11.3. The molecular weight excluding hydrogens is 194 g/mol. The molecule has 1 aromatic rings. The van der Waals surface area contributed by atoms with Gasteiger partial charge in [0.1, 0.15) is 0 Å². The first-order valence-electron chi connectivity index (χ1n) is 4.88. The van der Waals surface area contributed by atoms with E-state index in [0.29, 0.717) is 5.95 Å². The lowest BCUT2D eigenvalue weighted by molar-refractivity contribution is -0.137. The molecule has 0 aliphatic heterocycles. The average Bonchev–Trinajstić information content (AvgIpc) is 2.19. The van der Waals surface area contributed by atoms with E-state index in [9.17, 15) is 4.79 Å². The summed E-state index contributed by atoms with van der Waals surface area (Å²) >= 11 is 0. The molecule has 5 nitrogen and oxygen atoms in total. The highest BCUT2D eigenvalue weighted by Crippen LogP contribution is 2.06. The summed E-state index contributed by atoms with van der Waals surface area (Å²) in [6.07, 6.45) is 4.20. The summed E-state index contributed by atoms with van der Waals surface area (Å²) in [7, 11) is 0. The lowest BCUT2D eigenvalue weighted by Crippen LogP contribution is -2.23. The van der Waals surface area contributed by atoms with E-state index in [4.69, 9.17) is 5.11 Å². The van der Waals surface area contributed by atoms with Gasteiger partial charge in [-0.3, -0.25) is 4.79 Å². The van der Waals surface area contributed by atoms with Crippen molar-refractivity contribution >= 4 is 11.9 Å². The minimum absolute atomic E-state index is 0.0771. The number of anilines is 1. The van der Waals surface area contributed by atoms with Crippen LogP contribution in [0.4, 0.5) is 5.95 Å². The molecule has 1 unspecified atom stereocenters. The number of carboxylic acid groups (broad SMARTS) is 1. The van der Waals surface area contributed by atoms with E-state index in [0.717, 1.165) is 12.0 Å². The van der Waals surface area contributed by atoms with Gasteiger partial charge in [0, 0.05) is 18.4 Å². The summed E-state index contributed by atoms with van der Waals surface area (Å²) < 4.78 is 0. The Morgan fingerprint density at radius 2 is 2.13 bits per heavy atom. The maximum Gasteiger partial charge on any atom is 0.305 e. The largest absolute Gasteiger partial charge is 0.481 e. The number of aryl methyl sites for hydroxylation is 1. The second-order valence-corrected chi connectivity index (χ2v) is 3.43. The van der Waals surface area contributed by atoms with Crippen molar-refractivity contribution in [3.8, 4) is 0 Å². The topological polar surface area (TPSA) is 75.1 Å². The first kappa shape index (κ1) is 11.4. The van der Waals surface area contributed by atoms with Crippen molar-refractivity contribution in [2.45, 2.75) is 32.7 Å². The molecule has 82 valence electrons. The minimum atomic E-state index is -0.818. The van der Waals surface area contributed by atoms with Crippen LogP contribution in [0.2, 0.25) is 0 Å². The maximum absolute atomic E-state index is 10.5. The predicted molar refractivity (Wildman–Crippen MR) is 56.7 cm³/mol. The van der Waals surface area contributed by atoms with Crippen molar-refractivity contribution in [2.75, 3.05) is 5.32 Å². The Labute approximate surface area is 88.6 Å². The molecule has 1 heterocycles. The quantitative estimate of drug-likeness (QED) is 0.767. The van der Waals surface area contributed by atoms with Crippen molar-refractivity contribution in [3.63, 3.8) is 0 Å². The molecule has 0 saturated heterocycles. The van der Waals surface area contributed by atoms with Gasteiger partial charge < -0.3 is 10.4 Å². The SMILES string of the molecule is CCC(CC(=O)O)Nc1ncc(C)cn1. The summed E-state index contributed by atoms with van der Waals surface area (Å²) in [5.74, 6) is -0.338. The van der Waals surface area contributed by atoms with Gasteiger partial charge in [-0.05, 0) is 18.9 Å². The Hall–Kier alpha value is -1.65. The molecule has 0 saturated carbocycles. The standard InChI is InChI=1S/C10H15N3O2/c1-3-8(4-9(14)15)13-10-11-5-7(2)6-12-10/h5-6,8H,3-4H2,1-2H3,(H,14,15)(H,11,12,13). The van der Waals surface area contributed by atoms with E-state index in [-0.39, 0.29) is 12.5 Å². The lowest BCUT2D eigenvalue weighted by atomic mass is 10.1. The lowest BCUT2D eigenvalue weighted by Gasteiger charge is -2.14. The number of hydrogen-bond donors (Lipinski definition) is 2. The van der Waals surface area contributed by atoms with Gasteiger partial charge in [0.05, 0.1) is 6.42 Å². The van der Waals surface area contributed by atoms with Gasteiger partial charge in [0.2, 0.25) is 5.95 Å². The van der Waals surface area contributed by atoms with Crippen molar-refractivity contribution in [3.05, 3.63) is 18.0 Å². The fourth-order valence-corrected chi connectivity index (χ4v) is 1.16. The minimum Gasteiger partial charge on any atom is -0.481 e. The van der Waals surface area contributed by atoms with Crippen LogP contribution in [0.3, 0.4) is 0 Å². The van der Waals surface area contributed by atoms with E-state index in [1.165, 1.54) is 0 Å². The molecule has 5 heteroatoms. The van der Waals surface area contributed by atoms with Crippen molar-refractivity contribution < 1.29 is 9.90 Å². The third kappa shape index (κ3) is 3.93. The highest BCUT2D eigenvalue weighted by Gasteiger charge is 2.11. The molecule has 2 N–H and O–H groups in total. The van der Waals surface area contributed by atoms with E-state index in [1.54, 1.807) is 12.4 Å². The van der Waals surface area contributed by atoms with Crippen LogP contribution in [0.15, 0.2) is 12.4 Å². The number of aliphatic carboxylic acids is 1. The maximum atomic E-state index is 10.5. The van der Waals surface area contributed by atoms with Crippen LogP contribution in [0.25, 0.3) is 0 Å². The summed E-state index contributed by atoms with van der Waals surface area (Å²) in [4.78, 5) is 18.6. The fraction of sp³-hybridized carbons (Fsp3) is 0.500. The summed E-state index contributed by atoms with van der Waals surface area (Å²) in [5, 5.41) is 11.6. The Morgan fingerprint density at radius 3 is 2.60 bits per heavy atom. The van der Waals surface area contributed by atoms with Gasteiger partial charge >= 0.3 is 5.97 Å². The first-order chi connectivity index (χ1) is 7.11. The van der Waals surface area contributed by atoms with Crippen LogP contribution >= 0.6 is 0 Å². The third-order valence-electron chi connectivity index (χ3n) is 2.03. The number of carbonyl (C=O) groups is 1. The second-order valence-electron chi connectivity index (χ2n) is 3.43. The first-order valence-corrected chi connectivity index (χ1v) is 4.88. The van der Waals surface area contributed by atoms with Crippen molar-refractivity contribution in [1.29, 1.82) is 0 Å². The Morgan fingerprint density at radius 1 is 1.53 bits per heavy atom. The smallest absolute Gasteiger partial charge is 0.305 e. The molecule has 0 aliphatic rings. The Kier molecular flexibility index (Phi) is 4.03. The Balaban J connectivity index is 2.58. The number of nitrogens with one attached hydrogen (secondary N) is 1. The van der Waals surface area contributed by atoms with Gasteiger partial charge in [-0.1, -0.05) is 6.92 Å². The monoisotopic (exact) mass is 209 g/mol. The number of hydrogen-bond acceptors (Lipinski definition) is 4. The molecule has 0 aromatic carbocycles. The zero-order valence-corrected chi connectivity index (χ0v) is 8.90. The van der Waals surface area contributed by atoms with Crippen LogP contribution in [-0.4, -0.2) is 27.1 Å². The number of nitrogens with zero attached hydrogens (tertiary/aromatic N) is 2. The number of carboxylic acids is 1. The zero-order valence-electron chi connectivity index (χ0n) is 8.90. The van der Waals surface area contributed by atoms with Gasteiger partial charge in [0.15, 0.2) is 0 Å². The highest BCUT2D eigenvalue weighted by atomic mass is 16.4. The molecular formula is C10H15N3O2. The third-order valence-corrected chi connectivity index (χ3v) is 2.03. The predicted octanol–water partition coefficient (Wildman–Crippen LogP) is 1.45. The highest BCUT2D eigenvalue weighted by molar-refractivity contribution is 5.68. The van der Waals surface area contributed by atoms with Gasteiger partial charge in [0.25, 0.3) is 0 Å². The van der Waals surface area contributed by atoms with Crippen LogP contribution in [0.1, 0.15) is 25.3 Å². The average molecular weight is 209 g/mol. The molecule has 0 aliphatic carbocycles. The van der Waals surface area contributed by atoms with Gasteiger partial charge in [-0.15, -0.1) is 0 Å². The number of rotatable bonds is 5. The fourth-order valence-electron chi connectivity index (χ4n) is 1.16. The molecule has 1 atom stereocenters. The van der Waals surface area contributed by atoms with E-state index >= 15 is 0 Å². The summed E-state index contributed by atoms with van der Waals surface area (Å²) in [6.45, 7) is 3.83. The van der Waals surface area contributed by atoms with Crippen LogP contribution < -0.4 is 5.32 Å². The molecule has 1 rings (SSSR count). The van der Waals surface area contributed by atoms with E-state index < -0.39 is 5.97 Å². The molecule has 15 heavy (non-hydrogen) atoms. The van der Waals surface area contributed by atoms with Crippen LogP contribution in [0.5, 0.6) is 0 Å². The van der Waals surface area contributed by atoms with Crippen molar-refractivity contribution in [2.24, 2.45) is 0 Å². The van der Waals surface area contributed by atoms with Crippen molar-refractivity contribution in [1.82, 2.24) is 9.97 Å². The normalized spacial score (nSPS) is 12.1. The molecule has 0 amide bonds. The van der Waals surface area contributed by atoms with E-state index in [2.05, 4.69) is 15.3 Å². The van der Waals surface area contributed by atoms with Crippen LogP contribution in [0, 0.1) is 6.92 Å². The van der Waals surface area contributed by atoms with Gasteiger partial charge in [-0.2, -0.15) is 0 Å². The molecule has 1 aromatic heterocycles. The second kappa shape index (κ2) is 5.29. The summed E-state index contributed by atoms with van der Waals surface area (Å²) in [5.41, 5.74) is 0.979. The van der Waals surface area contributed by atoms with Crippen LogP contribution in [-0.2, 0) is 4.79 Å². The molecule has 0 spiro atoms. The molecule has 0 radical (unpaired) electrons. The summed E-state index contributed by atoms with van der Waals surface area (Å²) in [6, 6.07) is -0.120. The van der Waals surface area contributed by atoms with Gasteiger partial charge in [-0.25, -0.2) is 9.97 Å². The molecule has 0 fully saturated rings. The Bertz CT molecular complexity index is 324.